The first-order chi connectivity index (χ1) is 8.49. The van der Waals surface area contributed by atoms with E-state index in [1.807, 2.05) is 19.9 Å². The number of carbonyl (C=O) groups excluding carboxylic acids is 1. The molecule has 1 aromatic heterocycles. The molecule has 1 heterocycles. The summed E-state index contributed by atoms with van der Waals surface area (Å²) in [6.45, 7) is 3.67. The van der Waals surface area contributed by atoms with Crippen molar-refractivity contribution in [1.29, 1.82) is 0 Å². The number of rotatable bonds is 2. The summed E-state index contributed by atoms with van der Waals surface area (Å²) in [6, 6.07) is 5.39. The van der Waals surface area contributed by atoms with Crippen LogP contribution in [0.3, 0.4) is 0 Å². The lowest BCUT2D eigenvalue weighted by atomic mass is 10.2. The van der Waals surface area contributed by atoms with E-state index in [1.165, 1.54) is 0 Å². The number of hydrogen-bond donors (Lipinski definition) is 1. The number of carbonyl (C=O) groups is 1. The van der Waals surface area contributed by atoms with Gasteiger partial charge in [0, 0.05) is 14.5 Å². The third-order valence-corrected chi connectivity index (χ3v) is 3.74. The molecule has 0 saturated carbocycles. The quantitative estimate of drug-likeness (QED) is 0.863. The number of anilines is 1. The van der Waals surface area contributed by atoms with Gasteiger partial charge in [-0.25, -0.2) is 0 Å². The maximum absolute atomic E-state index is 12.1. The molecule has 1 amide bonds. The number of benzene rings is 1. The Morgan fingerprint density at radius 1 is 1.33 bits per heavy atom. The second kappa shape index (κ2) is 5.24. The zero-order valence-electron chi connectivity index (χ0n) is 9.75. The molecule has 4 nitrogen and oxygen atoms in total. The Labute approximate surface area is 121 Å². The van der Waals surface area contributed by atoms with Crippen molar-refractivity contribution in [3.63, 3.8) is 0 Å². The number of nitrogens with one attached hydrogen (secondary N) is 1. The summed E-state index contributed by atoms with van der Waals surface area (Å²) < 4.78 is 6.60. The van der Waals surface area contributed by atoms with Crippen molar-refractivity contribution in [1.82, 2.24) is 5.16 Å². The van der Waals surface area contributed by atoms with Crippen molar-refractivity contribution in [2.45, 2.75) is 13.8 Å². The van der Waals surface area contributed by atoms with E-state index in [1.54, 1.807) is 12.1 Å². The van der Waals surface area contributed by atoms with E-state index < -0.39 is 0 Å². The Balaban J connectivity index is 2.27. The smallest absolute Gasteiger partial charge is 0.259 e. The maximum atomic E-state index is 12.1. The Hall–Kier alpha value is -1.14. The molecule has 0 bridgehead atoms. The lowest BCUT2D eigenvalue weighted by molar-refractivity contribution is 0.102. The molecule has 0 saturated heterocycles. The molecule has 1 N–H and O–H groups in total. The molecular formula is C12H10Br2N2O2. The minimum Gasteiger partial charge on any atom is -0.338 e. The first-order valence-corrected chi connectivity index (χ1v) is 6.77. The molecule has 0 radical (unpaired) electrons. The molecule has 0 aliphatic heterocycles. The van der Waals surface area contributed by atoms with Crippen molar-refractivity contribution in [3.8, 4) is 0 Å². The lowest BCUT2D eigenvalue weighted by Crippen LogP contribution is -2.12. The Kier molecular flexibility index (Phi) is 3.87. The van der Waals surface area contributed by atoms with Crippen LogP contribution in [-0.2, 0) is 0 Å². The Morgan fingerprint density at radius 3 is 2.67 bits per heavy atom. The van der Waals surface area contributed by atoms with E-state index >= 15 is 0 Å². The highest BCUT2D eigenvalue weighted by atomic mass is 79.9. The van der Waals surface area contributed by atoms with E-state index in [4.69, 9.17) is 4.52 Å². The van der Waals surface area contributed by atoms with E-state index in [-0.39, 0.29) is 5.91 Å². The summed E-state index contributed by atoms with van der Waals surface area (Å²) in [5.41, 5.74) is 2.12. The molecule has 0 aliphatic carbocycles. The third kappa shape index (κ3) is 2.64. The third-order valence-electron chi connectivity index (χ3n) is 2.56. The average Bonchev–Trinajstić information content (AvgIpc) is 2.64. The topological polar surface area (TPSA) is 55.1 Å². The van der Waals surface area contributed by atoms with Crippen LogP contribution in [0.2, 0.25) is 0 Å². The van der Waals surface area contributed by atoms with Crippen LogP contribution in [0.1, 0.15) is 21.6 Å². The Morgan fingerprint density at radius 2 is 2.06 bits per heavy atom. The average molecular weight is 374 g/mol. The summed E-state index contributed by atoms with van der Waals surface area (Å²) in [4.78, 5) is 12.1. The van der Waals surface area contributed by atoms with Gasteiger partial charge < -0.3 is 4.52 Å². The van der Waals surface area contributed by atoms with Crippen molar-refractivity contribution in [3.05, 3.63) is 44.0 Å². The predicted octanol–water partition coefficient (Wildman–Crippen LogP) is 4.07. The number of hydrogen-bond acceptors (Lipinski definition) is 3. The van der Waals surface area contributed by atoms with Crippen LogP contribution in [0.25, 0.3) is 0 Å². The molecule has 2 aromatic rings. The van der Waals surface area contributed by atoms with Gasteiger partial charge >= 0.3 is 0 Å². The van der Waals surface area contributed by atoms with Gasteiger partial charge in [0.25, 0.3) is 5.91 Å². The summed E-state index contributed by atoms with van der Waals surface area (Å²) in [6.07, 6.45) is 0. The Bertz CT molecular complexity index is 608. The van der Waals surface area contributed by atoms with Crippen LogP contribution in [-0.4, -0.2) is 11.1 Å². The van der Waals surface area contributed by atoms with Gasteiger partial charge in [-0.1, -0.05) is 21.1 Å². The summed E-state index contributed by atoms with van der Waals surface area (Å²) >= 11 is 6.67. The number of aromatic nitrogens is 1. The van der Waals surface area contributed by atoms with Crippen LogP contribution < -0.4 is 5.32 Å². The summed E-state index contributed by atoms with van der Waals surface area (Å²) in [5, 5.41) is 6.49. The van der Waals surface area contributed by atoms with Crippen LogP contribution in [0, 0.1) is 13.8 Å². The van der Waals surface area contributed by atoms with Gasteiger partial charge in [0.15, 0.2) is 0 Å². The van der Waals surface area contributed by atoms with Crippen molar-refractivity contribution in [2.75, 3.05) is 5.32 Å². The fraction of sp³-hybridized carbons (Fsp3) is 0.167. The van der Waals surface area contributed by atoms with Gasteiger partial charge in [-0.15, -0.1) is 0 Å². The molecule has 2 rings (SSSR count). The van der Waals surface area contributed by atoms with E-state index in [0.717, 1.165) is 20.2 Å². The molecule has 1 aromatic carbocycles. The zero-order chi connectivity index (χ0) is 13.3. The first kappa shape index (κ1) is 13.3. The molecule has 0 unspecified atom stereocenters. The highest BCUT2D eigenvalue weighted by molar-refractivity contribution is 9.11. The molecular weight excluding hydrogens is 364 g/mol. The number of aryl methyl sites for hydroxylation is 1. The predicted molar refractivity (Wildman–Crippen MR) is 75.8 cm³/mol. The van der Waals surface area contributed by atoms with Crippen LogP contribution >= 0.6 is 31.9 Å². The second-order valence-corrected chi connectivity index (χ2v) is 5.57. The van der Waals surface area contributed by atoms with Gasteiger partial charge in [0.05, 0.1) is 11.3 Å². The largest absolute Gasteiger partial charge is 0.338 e. The van der Waals surface area contributed by atoms with Gasteiger partial charge in [-0.2, -0.15) is 0 Å². The minimum absolute atomic E-state index is 0.248. The van der Waals surface area contributed by atoms with Crippen molar-refractivity contribution < 1.29 is 9.32 Å². The summed E-state index contributed by atoms with van der Waals surface area (Å²) in [5.74, 6) is 0.131. The molecule has 6 heteroatoms. The maximum Gasteiger partial charge on any atom is 0.259 e. The van der Waals surface area contributed by atoms with Crippen molar-refractivity contribution in [2.24, 2.45) is 0 Å². The lowest BCUT2D eigenvalue weighted by Gasteiger charge is -2.05. The SMILES string of the molecule is Cc1noc(NC(=O)c2cc(Br)ccc2Br)c1C. The fourth-order valence-corrected chi connectivity index (χ4v) is 2.16. The zero-order valence-corrected chi connectivity index (χ0v) is 12.9. The molecule has 94 valence electrons. The van der Waals surface area contributed by atoms with E-state index in [9.17, 15) is 4.79 Å². The molecule has 18 heavy (non-hydrogen) atoms. The monoisotopic (exact) mass is 372 g/mol. The molecule has 0 spiro atoms. The standard InChI is InChI=1S/C12H10Br2N2O2/c1-6-7(2)16-18-12(6)15-11(17)9-5-8(13)3-4-10(9)14/h3-5H,1-2H3,(H,15,17). The molecule has 0 fully saturated rings. The van der Waals surface area contributed by atoms with Gasteiger partial charge in [0.2, 0.25) is 5.88 Å². The molecule has 0 atom stereocenters. The van der Waals surface area contributed by atoms with Gasteiger partial charge in [-0.3, -0.25) is 10.1 Å². The van der Waals surface area contributed by atoms with Crippen LogP contribution in [0.4, 0.5) is 5.88 Å². The van der Waals surface area contributed by atoms with E-state index in [0.29, 0.717) is 11.4 Å². The highest BCUT2D eigenvalue weighted by Gasteiger charge is 2.15. The fourth-order valence-electron chi connectivity index (χ4n) is 1.37. The molecule has 0 aliphatic rings. The van der Waals surface area contributed by atoms with Crippen molar-refractivity contribution >= 4 is 43.7 Å². The van der Waals surface area contributed by atoms with Gasteiger partial charge in [0.1, 0.15) is 0 Å². The normalized spacial score (nSPS) is 10.4. The number of halogens is 2. The minimum atomic E-state index is -0.248. The second-order valence-electron chi connectivity index (χ2n) is 3.80. The van der Waals surface area contributed by atoms with Gasteiger partial charge in [-0.05, 0) is 48.0 Å². The summed E-state index contributed by atoms with van der Waals surface area (Å²) in [7, 11) is 0. The number of nitrogens with zero attached hydrogens (tertiary/aromatic N) is 1. The van der Waals surface area contributed by atoms with Crippen LogP contribution in [0.15, 0.2) is 31.7 Å². The van der Waals surface area contributed by atoms with Crippen LogP contribution in [0.5, 0.6) is 0 Å². The number of amides is 1. The van der Waals surface area contributed by atoms with E-state index in [2.05, 4.69) is 42.3 Å². The first-order valence-electron chi connectivity index (χ1n) is 5.18. The highest BCUT2D eigenvalue weighted by Crippen LogP contribution is 2.24.